The topological polar surface area (TPSA) is 15.3 Å². The van der Waals surface area contributed by atoms with Gasteiger partial charge in [0.15, 0.2) is 0 Å². The average Bonchev–Trinajstić information content (AvgIpc) is 2.46. The average molecular weight is 337 g/mol. The maximum Gasteiger partial charge on any atom is 0.0865 e. The number of benzene rings is 1. The molecule has 0 radical (unpaired) electrons. The van der Waals surface area contributed by atoms with Crippen molar-refractivity contribution in [3.63, 3.8) is 0 Å². The van der Waals surface area contributed by atoms with Gasteiger partial charge in [0.2, 0.25) is 0 Å². The third-order valence-electron chi connectivity index (χ3n) is 4.89. The molecule has 2 aliphatic rings. The van der Waals surface area contributed by atoms with Gasteiger partial charge in [0.1, 0.15) is 0 Å². The van der Waals surface area contributed by atoms with E-state index in [-0.39, 0.29) is 0 Å². The molecule has 1 aromatic carbocycles. The van der Waals surface area contributed by atoms with Crippen LogP contribution in [-0.2, 0) is 0 Å². The smallest absolute Gasteiger partial charge is 0.0865 e. The second kappa shape index (κ2) is 6.17. The van der Waals surface area contributed by atoms with Crippen molar-refractivity contribution in [1.82, 2.24) is 10.2 Å². The van der Waals surface area contributed by atoms with Gasteiger partial charge < -0.3 is 0 Å². The van der Waals surface area contributed by atoms with Crippen LogP contribution in [0.25, 0.3) is 0 Å². The Balaban J connectivity index is 1.86. The molecule has 3 atom stereocenters. The van der Waals surface area contributed by atoms with Crippen molar-refractivity contribution >= 4 is 15.9 Å². The zero-order valence-electron chi connectivity index (χ0n) is 12.5. The Hall–Kier alpha value is -0.380. The third-order valence-corrected chi connectivity index (χ3v) is 5.38. The highest BCUT2D eigenvalue weighted by Crippen LogP contribution is 2.35. The minimum Gasteiger partial charge on any atom is -0.295 e. The second-order valence-electron chi connectivity index (χ2n) is 6.57. The highest BCUT2D eigenvalue weighted by molar-refractivity contribution is 9.10. The molecule has 20 heavy (non-hydrogen) atoms. The van der Waals surface area contributed by atoms with Crippen LogP contribution in [0.2, 0.25) is 0 Å². The molecule has 1 aromatic rings. The van der Waals surface area contributed by atoms with E-state index < -0.39 is 0 Å². The van der Waals surface area contributed by atoms with Crippen molar-refractivity contribution in [3.05, 3.63) is 34.3 Å². The van der Waals surface area contributed by atoms with Gasteiger partial charge in [-0.25, -0.2) is 0 Å². The lowest BCUT2D eigenvalue weighted by Gasteiger charge is -2.49. The van der Waals surface area contributed by atoms with Crippen LogP contribution in [0.1, 0.15) is 51.3 Å². The molecule has 110 valence electrons. The number of hydrogen-bond acceptors (Lipinski definition) is 2. The van der Waals surface area contributed by atoms with E-state index in [9.17, 15) is 0 Å². The molecule has 1 aliphatic heterocycles. The monoisotopic (exact) mass is 336 g/mol. The van der Waals surface area contributed by atoms with Crippen molar-refractivity contribution in [2.75, 3.05) is 6.54 Å². The first-order chi connectivity index (χ1) is 9.65. The summed E-state index contributed by atoms with van der Waals surface area (Å²) >= 11 is 3.61. The van der Waals surface area contributed by atoms with Crippen LogP contribution in [0, 0.1) is 5.92 Å². The lowest BCUT2D eigenvalue weighted by molar-refractivity contribution is 0.0184. The molecule has 0 spiro atoms. The van der Waals surface area contributed by atoms with E-state index in [1.165, 1.54) is 42.3 Å². The zero-order chi connectivity index (χ0) is 14.1. The molecule has 1 N–H and O–H groups in total. The molecule has 1 saturated heterocycles. The highest BCUT2D eigenvalue weighted by atomic mass is 79.9. The summed E-state index contributed by atoms with van der Waals surface area (Å²) in [4.78, 5) is 2.63. The van der Waals surface area contributed by atoms with Crippen LogP contribution < -0.4 is 5.32 Å². The molecular weight excluding hydrogens is 312 g/mol. The van der Waals surface area contributed by atoms with Gasteiger partial charge >= 0.3 is 0 Å². The van der Waals surface area contributed by atoms with Crippen LogP contribution in [0.5, 0.6) is 0 Å². The van der Waals surface area contributed by atoms with Gasteiger partial charge in [-0.2, -0.15) is 0 Å². The molecule has 3 rings (SSSR count). The molecule has 1 heterocycles. The summed E-state index contributed by atoms with van der Waals surface area (Å²) in [6.07, 6.45) is 5.91. The van der Waals surface area contributed by atoms with E-state index in [4.69, 9.17) is 0 Å². The Morgan fingerprint density at radius 1 is 1.25 bits per heavy atom. The van der Waals surface area contributed by atoms with Gasteiger partial charge in [-0.1, -0.05) is 40.9 Å². The predicted octanol–water partition coefficient (Wildman–Crippen LogP) is 4.32. The van der Waals surface area contributed by atoms with E-state index in [1.54, 1.807) is 0 Å². The minimum atomic E-state index is 0.367. The van der Waals surface area contributed by atoms with Gasteiger partial charge in [-0.3, -0.25) is 10.2 Å². The normalized spacial score (nSPS) is 31.3. The maximum atomic E-state index is 3.94. The lowest BCUT2D eigenvalue weighted by Crippen LogP contribution is -2.57. The fourth-order valence-electron chi connectivity index (χ4n) is 3.79. The van der Waals surface area contributed by atoms with Crippen molar-refractivity contribution in [3.8, 4) is 0 Å². The molecular formula is C17H25BrN2. The summed E-state index contributed by atoms with van der Waals surface area (Å²) in [6.45, 7) is 5.87. The molecule has 2 nitrogen and oxygen atoms in total. The predicted molar refractivity (Wildman–Crippen MR) is 87.6 cm³/mol. The first-order valence-electron chi connectivity index (χ1n) is 7.92. The van der Waals surface area contributed by atoms with Gasteiger partial charge in [0.05, 0.1) is 6.17 Å². The van der Waals surface area contributed by atoms with Crippen LogP contribution in [-0.4, -0.2) is 23.5 Å². The minimum absolute atomic E-state index is 0.367. The number of hydrogen-bond donors (Lipinski definition) is 1. The number of nitrogens with one attached hydrogen (secondary N) is 1. The van der Waals surface area contributed by atoms with Crippen molar-refractivity contribution < 1.29 is 0 Å². The van der Waals surface area contributed by atoms with Crippen molar-refractivity contribution in [2.45, 2.75) is 57.8 Å². The molecule has 0 unspecified atom stereocenters. The standard InChI is InChI=1S/C17H25BrN2/c1-12(2)20-11-14-6-3-4-9-16(14)19-17(20)13-7-5-8-15(18)10-13/h5,7-8,10,12,14,16-17,19H,3-4,6,9,11H2,1-2H3/t14-,16-,17+/m1/s1. The van der Waals surface area contributed by atoms with Crippen LogP contribution >= 0.6 is 15.9 Å². The molecule has 3 heteroatoms. The maximum absolute atomic E-state index is 3.94. The van der Waals surface area contributed by atoms with Crippen LogP contribution in [0.15, 0.2) is 28.7 Å². The van der Waals surface area contributed by atoms with Crippen molar-refractivity contribution in [2.24, 2.45) is 5.92 Å². The van der Waals surface area contributed by atoms with E-state index in [1.807, 2.05) is 0 Å². The van der Waals surface area contributed by atoms with E-state index >= 15 is 0 Å². The summed E-state index contributed by atoms with van der Waals surface area (Å²) in [5.74, 6) is 0.842. The first kappa shape index (κ1) is 14.6. The van der Waals surface area contributed by atoms with Crippen LogP contribution in [0.4, 0.5) is 0 Å². The number of fused-ring (bicyclic) bond motifs is 1. The molecule has 2 fully saturated rings. The van der Waals surface area contributed by atoms with Gasteiger partial charge in [0, 0.05) is 23.1 Å². The largest absolute Gasteiger partial charge is 0.295 e. The summed E-state index contributed by atoms with van der Waals surface area (Å²) < 4.78 is 1.17. The van der Waals surface area contributed by atoms with Crippen molar-refractivity contribution in [1.29, 1.82) is 0 Å². The Kier molecular flexibility index (Phi) is 4.49. The summed E-state index contributed by atoms with van der Waals surface area (Å²) in [5, 5.41) is 3.94. The molecule has 0 amide bonds. The van der Waals surface area contributed by atoms with Gasteiger partial charge in [-0.15, -0.1) is 0 Å². The zero-order valence-corrected chi connectivity index (χ0v) is 14.1. The number of nitrogens with zero attached hydrogens (tertiary/aromatic N) is 1. The molecule has 0 aromatic heterocycles. The highest BCUT2D eigenvalue weighted by Gasteiger charge is 2.37. The number of halogens is 1. The summed E-state index contributed by atoms with van der Waals surface area (Å²) in [5.41, 5.74) is 1.39. The first-order valence-corrected chi connectivity index (χ1v) is 8.71. The molecule has 1 aliphatic carbocycles. The van der Waals surface area contributed by atoms with Crippen LogP contribution in [0.3, 0.4) is 0 Å². The Morgan fingerprint density at radius 2 is 2.05 bits per heavy atom. The molecule has 1 saturated carbocycles. The van der Waals surface area contributed by atoms with E-state index in [2.05, 4.69) is 64.3 Å². The summed E-state index contributed by atoms with van der Waals surface area (Å²) in [7, 11) is 0. The quantitative estimate of drug-likeness (QED) is 0.865. The third kappa shape index (κ3) is 2.95. The second-order valence-corrected chi connectivity index (χ2v) is 7.48. The van der Waals surface area contributed by atoms with E-state index in [0.717, 1.165) is 5.92 Å². The van der Waals surface area contributed by atoms with E-state index in [0.29, 0.717) is 18.2 Å². The van der Waals surface area contributed by atoms with Gasteiger partial charge in [0.25, 0.3) is 0 Å². The summed E-state index contributed by atoms with van der Waals surface area (Å²) in [6, 6.07) is 10.1. The van der Waals surface area contributed by atoms with Gasteiger partial charge in [-0.05, 0) is 50.3 Å². The fraction of sp³-hybridized carbons (Fsp3) is 0.647. The Labute approximate surface area is 131 Å². The molecule has 0 bridgehead atoms. The Morgan fingerprint density at radius 3 is 2.80 bits per heavy atom. The Bertz CT molecular complexity index is 460. The lowest BCUT2D eigenvalue weighted by atomic mass is 9.81. The number of rotatable bonds is 2. The fourth-order valence-corrected chi connectivity index (χ4v) is 4.21. The SMILES string of the molecule is CC(C)N1C[C@H]2CCCC[C@H]2N[C@@H]1c1cccc(Br)c1.